The molecule has 1 aliphatic heterocycles. The highest BCUT2D eigenvalue weighted by Gasteiger charge is 2.30. The maximum Gasteiger partial charge on any atom is 0.289 e. The minimum Gasteiger partial charge on any atom is -0.450 e. The molecule has 0 bridgehead atoms. The van der Waals surface area contributed by atoms with Crippen LogP contribution < -0.4 is 5.73 Å². The quantitative estimate of drug-likeness (QED) is 0.923. The fourth-order valence-corrected chi connectivity index (χ4v) is 3.23. The third-order valence-electron chi connectivity index (χ3n) is 4.58. The summed E-state index contributed by atoms with van der Waals surface area (Å²) >= 11 is 0. The van der Waals surface area contributed by atoms with Crippen molar-refractivity contribution in [3.8, 4) is 0 Å². The third-order valence-corrected chi connectivity index (χ3v) is 4.58. The summed E-state index contributed by atoms with van der Waals surface area (Å²) in [6.07, 6.45) is 0.986. The molecule has 1 amide bonds. The third kappa shape index (κ3) is 2.23. The fourth-order valence-electron chi connectivity index (χ4n) is 3.23. The van der Waals surface area contributed by atoms with Crippen LogP contribution in [0.1, 0.15) is 33.7 Å². The van der Waals surface area contributed by atoms with Gasteiger partial charge in [0.05, 0.1) is 0 Å². The molecule has 21 heavy (non-hydrogen) atoms. The number of furan rings is 1. The van der Waals surface area contributed by atoms with Gasteiger partial charge in [-0.25, -0.2) is 0 Å². The van der Waals surface area contributed by atoms with E-state index in [0.29, 0.717) is 18.2 Å². The monoisotopic (exact) mass is 286 g/mol. The van der Waals surface area contributed by atoms with Gasteiger partial charge in [0.1, 0.15) is 5.58 Å². The summed E-state index contributed by atoms with van der Waals surface area (Å²) in [5.41, 5.74) is 9.71. The number of hydrogen-bond donors (Lipinski definition) is 1. The van der Waals surface area contributed by atoms with Crippen molar-refractivity contribution in [3.63, 3.8) is 0 Å². The summed E-state index contributed by atoms with van der Waals surface area (Å²) in [6, 6.07) is 4.12. The molecule has 0 saturated carbocycles. The normalized spacial score (nSPS) is 18.7. The van der Waals surface area contributed by atoms with E-state index < -0.39 is 0 Å². The van der Waals surface area contributed by atoms with E-state index in [4.69, 9.17) is 10.2 Å². The van der Waals surface area contributed by atoms with Gasteiger partial charge in [0.25, 0.3) is 5.91 Å². The number of benzene rings is 1. The highest BCUT2D eigenvalue weighted by atomic mass is 16.3. The Morgan fingerprint density at radius 2 is 2.05 bits per heavy atom. The summed E-state index contributed by atoms with van der Waals surface area (Å²) in [5.74, 6) is 0.903. The second-order valence-corrected chi connectivity index (χ2v) is 6.10. The second-order valence-electron chi connectivity index (χ2n) is 6.10. The predicted molar refractivity (Wildman–Crippen MR) is 83.5 cm³/mol. The number of aryl methyl sites for hydroxylation is 3. The molecule has 3 rings (SSSR count). The lowest BCUT2D eigenvalue weighted by atomic mass is 10.0. The van der Waals surface area contributed by atoms with Crippen LogP contribution in [0, 0.1) is 26.7 Å². The first-order valence-corrected chi connectivity index (χ1v) is 7.51. The maximum absolute atomic E-state index is 12.7. The summed E-state index contributed by atoms with van der Waals surface area (Å²) < 4.78 is 5.93. The van der Waals surface area contributed by atoms with Crippen LogP contribution in [0.25, 0.3) is 11.0 Å². The Balaban J connectivity index is 2.01. The zero-order chi connectivity index (χ0) is 15.1. The first-order chi connectivity index (χ1) is 10.0. The number of fused-ring (bicyclic) bond motifs is 1. The van der Waals surface area contributed by atoms with E-state index in [1.165, 1.54) is 0 Å². The van der Waals surface area contributed by atoms with Crippen molar-refractivity contribution in [1.82, 2.24) is 4.90 Å². The Morgan fingerprint density at radius 1 is 1.33 bits per heavy atom. The lowest BCUT2D eigenvalue weighted by Gasteiger charge is -2.14. The van der Waals surface area contributed by atoms with Gasteiger partial charge in [-0.15, -0.1) is 0 Å². The molecule has 1 aromatic heterocycles. The molecule has 4 heteroatoms. The molecule has 1 atom stereocenters. The number of likely N-dealkylation sites (tertiary alicyclic amines) is 1. The van der Waals surface area contributed by atoms with Gasteiger partial charge in [-0.2, -0.15) is 0 Å². The van der Waals surface area contributed by atoms with Crippen molar-refractivity contribution in [2.75, 3.05) is 19.6 Å². The molecule has 1 saturated heterocycles. The zero-order valence-corrected chi connectivity index (χ0v) is 12.9. The van der Waals surface area contributed by atoms with E-state index in [2.05, 4.69) is 13.0 Å². The Labute approximate surface area is 124 Å². The number of rotatable bonds is 2. The van der Waals surface area contributed by atoms with Crippen molar-refractivity contribution >= 4 is 16.9 Å². The van der Waals surface area contributed by atoms with E-state index in [9.17, 15) is 4.79 Å². The number of carbonyl (C=O) groups is 1. The van der Waals surface area contributed by atoms with Gasteiger partial charge in [-0.05, 0) is 50.8 Å². The molecular formula is C17H22N2O2. The number of hydrogen-bond acceptors (Lipinski definition) is 3. The Morgan fingerprint density at radius 3 is 2.67 bits per heavy atom. The minimum atomic E-state index is -0.00144. The average Bonchev–Trinajstić information content (AvgIpc) is 3.07. The van der Waals surface area contributed by atoms with E-state index in [-0.39, 0.29) is 5.91 Å². The van der Waals surface area contributed by atoms with Crippen molar-refractivity contribution < 1.29 is 9.21 Å². The highest BCUT2D eigenvalue weighted by Crippen LogP contribution is 2.32. The van der Waals surface area contributed by atoms with Crippen LogP contribution in [-0.4, -0.2) is 30.4 Å². The van der Waals surface area contributed by atoms with Crippen LogP contribution in [0.2, 0.25) is 0 Å². The zero-order valence-electron chi connectivity index (χ0n) is 12.9. The van der Waals surface area contributed by atoms with Crippen LogP contribution in [0.3, 0.4) is 0 Å². The van der Waals surface area contributed by atoms with E-state index in [1.807, 2.05) is 24.8 Å². The summed E-state index contributed by atoms with van der Waals surface area (Å²) in [6.45, 7) is 8.19. The van der Waals surface area contributed by atoms with Crippen molar-refractivity contribution in [3.05, 3.63) is 34.6 Å². The average molecular weight is 286 g/mol. The highest BCUT2D eigenvalue weighted by molar-refractivity contribution is 6.00. The summed E-state index contributed by atoms with van der Waals surface area (Å²) in [7, 11) is 0. The standard InChI is InChI=1S/C17H22N2O2/c1-10-4-5-11(2)15-14(10)12(3)16(21-15)17(20)19-7-6-13(8-18)9-19/h4-5,13H,6-9,18H2,1-3H3. The smallest absolute Gasteiger partial charge is 0.289 e. The molecule has 1 fully saturated rings. The van der Waals surface area contributed by atoms with Crippen molar-refractivity contribution in [1.29, 1.82) is 0 Å². The second kappa shape index (κ2) is 5.19. The molecule has 0 radical (unpaired) electrons. The van der Waals surface area contributed by atoms with E-state index in [1.54, 1.807) is 0 Å². The number of nitrogens with two attached hydrogens (primary N) is 1. The molecule has 1 unspecified atom stereocenters. The van der Waals surface area contributed by atoms with E-state index >= 15 is 0 Å². The Kier molecular flexibility index (Phi) is 3.49. The van der Waals surface area contributed by atoms with Gasteiger partial charge in [0, 0.05) is 24.0 Å². The minimum absolute atomic E-state index is 0.00144. The largest absolute Gasteiger partial charge is 0.450 e. The first-order valence-electron chi connectivity index (χ1n) is 7.51. The van der Waals surface area contributed by atoms with Crippen molar-refractivity contribution in [2.45, 2.75) is 27.2 Å². The lowest BCUT2D eigenvalue weighted by molar-refractivity contribution is 0.0757. The van der Waals surface area contributed by atoms with Gasteiger partial charge in [0.2, 0.25) is 0 Å². The van der Waals surface area contributed by atoms with Crippen LogP contribution in [0.5, 0.6) is 0 Å². The Hall–Kier alpha value is -1.81. The molecule has 2 N–H and O–H groups in total. The number of nitrogens with zero attached hydrogens (tertiary/aromatic N) is 1. The molecular weight excluding hydrogens is 264 g/mol. The SMILES string of the molecule is Cc1ccc(C)c2c(C)c(C(=O)N3CCC(CN)C3)oc12. The van der Waals surface area contributed by atoms with Gasteiger partial charge < -0.3 is 15.1 Å². The maximum atomic E-state index is 12.7. The van der Waals surface area contributed by atoms with E-state index in [0.717, 1.165) is 47.2 Å². The summed E-state index contributed by atoms with van der Waals surface area (Å²) in [5, 5.41) is 1.08. The summed E-state index contributed by atoms with van der Waals surface area (Å²) in [4.78, 5) is 14.6. The van der Waals surface area contributed by atoms with Crippen LogP contribution >= 0.6 is 0 Å². The fraction of sp³-hybridized carbons (Fsp3) is 0.471. The molecule has 0 spiro atoms. The lowest BCUT2D eigenvalue weighted by Crippen LogP contribution is -2.30. The van der Waals surface area contributed by atoms with Crippen LogP contribution in [-0.2, 0) is 0 Å². The topological polar surface area (TPSA) is 59.5 Å². The molecule has 2 aromatic rings. The molecule has 112 valence electrons. The first kappa shape index (κ1) is 14.1. The molecule has 0 aliphatic carbocycles. The van der Waals surface area contributed by atoms with Gasteiger partial charge in [0.15, 0.2) is 5.76 Å². The van der Waals surface area contributed by atoms with Crippen LogP contribution in [0.15, 0.2) is 16.5 Å². The molecule has 1 aliphatic rings. The van der Waals surface area contributed by atoms with Gasteiger partial charge in [-0.1, -0.05) is 12.1 Å². The number of amides is 1. The van der Waals surface area contributed by atoms with Crippen molar-refractivity contribution in [2.24, 2.45) is 11.7 Å². The molecule has 1 aromatic carbocycles. The molecule has 2 heterocycles. The number of carbonyl (C=O) groups excluding carboxylic acids is 1. The molecule has 4 nitrogen and oxygen atoms in total. The van der Waals surface area contributed by atoms with Gasteiger partial charge in [-0.3, -0.25) is 4.79 Å². The Bertz CT molecular complexity index is 702. The van der Waals surface area contributed by atoms with Crippen LogP contribution in [0.4, 0.5) is 0 Å². The predicted octanol–water partition coefficient (Wildman–Crippen LogP) is 2.78. The van der Waals surface area contributed by atoms with Gasteiger partial charge >= 0.3 is 0 Å².